The minimum atomic E-state index is -0.129. The number of carbonyl (C=O) groups is 2. The fourth-order valence-corrected chi connectivity index (χ4v) is 3.54. The molecule has 1 aliphatic rings. The molecule has 0 unspecified atom stereocenters. The molecule has 1 heterocycles. The Morgan fingerprint density at radius 3 is 2.37 bits per heavy atom. The number of aryl methyl sites for hydroxylation is 1. The molecule has 27 heavy (non-hydrogen) atoms. The lowest BCUT2D eigenvalue weighted by Gasteiger charge is -2.37. The van der Waals surface area contributed by atoms with Crippen molar-refractivity contribution < 1.29 is 9.59 Å². The molecule has 2 amide bonds. The van der Waals surface area contributed by atoms with E-state index in [4.69, 9.17) is 11.6 Å². The quantitative estimate of drug-likeness (QED) is 0.810. The van der Waals surface area contributed by atoms with Crippen molar-refractivity contribution in [2.75, 3.05) is 42.5 Å². The summed E-state index contributed by atoms with van der Waals surface area (Å²) < 4.78 is 0. The van der Waals surface area contributed by atoms with Crippen molar-refractivity contribution >= 4 is 34.8 Å². The first-order valence-corrected chi connectivity index (χ1v) is 9.45. The lowest BCUT2D eigenvalue weighted by atomic mass is 10.1. The summed E-state index contributed by atoms with van der Waals surface area (Å²) >= 11 is 6.07. The van der Waals surface area contributed by atoms with Gasteiger partial charge in [0.1, 0.15) is 6.54 Å². The molecule has 0 N–H and O–H groups in total. The summed E-state index contributed by atoms with van der Waals surface area (Å²) in [5, 5.41) is 0.710. The number of anilines is 2. The third kappa shape index (κ3) is 4.61. The van der Waals surface area contributed by atoms with Crippen LogP contribution < -0.4 is 9.80 Å². The van der Waals surface area contributed by atoms with Gasteiger partial charge < -0.3 is 14.7 Å². The smallest absolute Gasteiger partial charge is 0.242 e. The third-order valence-electron chi connectivity index (χ3n) is 4.89. The molecule has 1 fully saturated rings. The van der Waals surface area contributed by atoms with Crippen LogP contribution in [0.3, 0.4) is 0 Å². The number of nitrogens with zero attached hydrogens (tertiary/aromatic N) is 3. The van der Waals surface area contributed by atoms with Crippen molar-refractivity contribution in [1.82, 2.24) is 4.90 Å². The molecule has 6 heteroatoms. The molecule has 1 saturated heterocycles. The molecular weight excluding hydrogens is 362 g/mol. The van der Waals surface area contributed by atoms with E-state index >= 15 is 0 Å². The molecule has 2 aromatic rings. The van der Waals surface area contributed by atoms with Gasteiger partial charge in [0.2, 0.25) is 11.8 Å². The molecule has 3 rings (SSSR count). The van der Waals surface area contributed by atoms with Gasteiger partial charge in [-0.15, -0.1) is 0 Å². The molecule has 0 atom stereocenters. The number of carbonyl (C=O) groups excluding carboxylic acids is 2. The summed E-state index contributed by atoms with van der Waals surface area (Å²) in [5.41, 5.74) is 2.84. The number of benzene rings is 2. The summed E-state index contributed by atoms with van der Waals surface area (Å²) in [7, 11) is 0. The van der Waals surface area contributed by atoms with Gasteiger partial charge in [-0.1, -0.05) is 35.9 Å². The van der Waals surface area contributed by atoms with Crippen LogP contribution in [0.1, 0.15) is 12.5 Å². The van der Waals surface area contributed by atoms with Crippen LogP contribution in [0.15, 0.2) is 48.5 Å². The Labute approximate surface area is 165 Å². The Morgan fingerprint density at radius 2 is 1.74 bits per heavy atom. The first-order valence-electron chi connectivity index (χ1n) is 9.08. The van der Waals surface area contributed by atoms with E-state index in [0.717, 1.165) is 30.0 Å². The van der Waals surface area contributed by atoms with Crippen molar-refractivity contribution in [3.05, 3.63) is 59.1 Å². The van der Waals surface area contributed by atoms with E-state index in [2.05, 4.69) is 4.90 Å². The normalized spacial score (nSPS) is 14.2. The van der Waals surface area contributed by atoms with Crippen molar-refractivity contribution in [2.45, 2.75) is 13.8 Å². The third-order valence-corrected chi connectivity index (χ3v) is 5.12. The Bertz CT molecular complexity index is 832. The number of hydrogen-bond acceptors (Lipinski definition) is 3. The Morgan fingerprint density at radius 1 is 1.04 bits per heavy atom. The van der Waals surface area contributed by atoms with E-state index in [9.17, 15) is 9.59 Å². The predicted molar refractivity (Wildman–Crippen MR) is 109 cm³/mol. The van der Waals surface area contributed by atoms with Gasteiger partial charge in [-0.3, -0.25) is 9.59 Å². The largest absolute Gasteiger partial charge is 0.368 e. The SMILES string of the molecule is CC(=O)N(CC(=O)N1CCN(c2cccc(Cl)c2)CC1)c1ccccc1C. The molecule has 142 valence electrons. The molecule has 0 bridgehead atoms. The minimum Gasteiger partial charge on any atom is -0.368 e. The number of piperazine rings is 1. The van der Waals surface area contributed by atoms with Gasteiger partial charge in [0.25, 0.3) is 0 Å². The highest BCUT2D eigenvalue weighted by Crippen LogP contribution is 2.22. The van der Waals surface area contributed by atoms with Gasteiger partial charge in [-0.05, 0) is 36.8 Å². The summed E-state index contributed by atoms with van der Waals surface area (Å²) in [6.07, 6.45) is 0. The second-order valence-corrected chi connectivity index (χ2v) is 7.18. The van der Waals surface area contributed by atoms with Gasteiger partial charge in [-0.2, -0.15) is 0 Å². The highest BCUT2D eigenvalue weighted by molar-refractivity contribution is 6.30. The van der Waals surface area contributed by atoms with Crippen LogP contribution in [0.5, 0.6) is 0 Å². The van der Waals surface area contributed by atoms with Crippen LogP contribution >= 0.6 is 11.6 Å². The van der Waals surface area contributed by atoms with Gasteiger partial charge in [-0.25, -0.2) is 0 Å². The number of para-hydroxylation sites is 1. The molecule has 0 aliphatic carbocycles. The number of amides is 2. The van der Waals surface area contributed by atoms with Gasteiger partial charge in [0.05, 0.1) is 0 Å². The molecular formula is C21H24ClN3O2. The average Bonchev–Trinajstić information content (AvgIpc) is 2.66. The van der Waals surface area contributed by atoms with Crippen molar-refractivity contribution in [3.8, 4) is 0 Å². The Balaban J connectivity index is 1.63. The lowest BCUT2D eigenvalue weighted by Crippen LogP contribution is -2.52. The predicted octanol–water partition coefficient (Wildman–Crippen LogP) is 3.35. The average molecular weight is 386 g/mol. The molecule has 0 aromatic heterocycles. The number of halogens is 1. The highest BCUT2D eigenvalue weighted by atomic mass is 35.5. The summed E-state index contributed by atoms with van der Waals surface area (Å²) in [5.74, 6) is -0.158. The Kier molecular flexibility index (Phi) is 6.01. The number of rotatable bonds is 4. The second-order valence-electron chi connectivity index (χ2n) is 6.74. The van der Waals surface area contributed by atoms with Crippen LogP contribution in [0.2, 0.25) is 5.02 Å². The first-order chi connectivity index (χ1) is 13.0. The van der Waals surface area contributed by atoms with Gasteiger partial charge >= 0.3 is 0 Å². The zero-order valence-electron chi connectivity index (χ0n) is 15.7. The van der Waals surface area contributed by atoms with Crippen LogP contribution in [0.25, 0.3) is 0 Å². The molecule has 2 aromatic carbocycles. The maximum Gasteiger partial charge on any atom is 0.242 e. The van der Waals surface area contributed by atoms with Crippen molar-refractivity contribution in [1.29, 1.82) is 0 Å². The first kappa shape index (κ1) is 19.2. The topological polar surface area (TPSA) is 43.9 Å². The maximum absolute atomic E-state index is 12.8. The molecule has 1 aliphatic heterocycles. The number of hydrogen-bond donors (Lipinski definition) is 0. The summed E-state index contributed by atoms with van der Waals surface area (Å²) in [4.78, 5) is 30.5. The molecule has 0 radical (unpaired) electrons. The standard InChI is InChI=1S/C21H24ClN3O2/c1-16-6-3-4-9-20(16)25(17(2)26)15-21(27)24-12-10-23(11-13-24)19-8-5-7-18(22)14-19/h3-9,14H,10-13,15H2,1-2H3. The lowest BCUT2D eigenvalue weighted by molar-refractivity contribution is -0.131. The van der Waals surface area contributed by atoms with E-state index in [1.807, 2.05) is 60.4 Å². The van der Waals surface area contributed by atoms with Gasteiger partial charge in [0.15, 0.2) is 0 Å². The maximum atomic E-state index is 12.8. The highest BCUT2D eigenvalue weighted by Gasteiger charge is 2.25. The zero-order chi connectivity index (χ0) is 19.4. The van der Waals surface area contributed by atoms with Crippen LogP contribution in [0.4, 0.5) is 11.4 Å². The van der Waals surface area contributed by atoms with Crippen molar-refractivity contribution in [2.24, 2.45) is 0 Å². The summed E-state index contributed by atoms with van der Waals surface area (Å²) in [6, 6.07) is 15.4. The molecule has 0 spiro atoms. The fraction of sp³-hybridized carbons (Fsp3) is 0.333. The van der Waals surface area contributed by atoms with E-state index in [1.165, 1.54) is 6.92 Å². The minimum absolute atomic E-state index is 0.0285. The van der Waals surface area contributed by atoms with Crippen LogP contribution in [-0.2, 0) is 9.59 Å². The molecule has 5 nitrogen and oxygen atoms in total. The van der Waals surface area contributed by atoms with E-state index in [0.29, 0.717) is 18.1 Å². The Hall–Kier alpha value is -2.53. The van der Waals surface area contributed by atoms with E-state index in [-0.39, 0.29) is 18.4 Å². The van der Waals surface area contributed by atoms with Crippen molar-refractivity contribution in [3.63, 3.8) is 0 Å². The van der Waals surface area contributed by atoms with E-state index in [1.54, 1.807) is 4.90 Å². The van der Waals surface area contributed by atoms with Gasteiger partial charge in [0, 0.05) is 49.5 Å². The second kappa shape index (κ2) is 8.44. The van der Waals surface area contributed by atoms with Crippen LogP contribution in [-0.4, -0.2) is 49.4 Å². The fourth-order valence-electron chi connectivity index (χ4n) is 3.35. The van der Waals surface area contributed by atoms with E-state index < -0.39 is 0 Å². The summed E-state index contributed by atoms with van der Waals surface area (Å²) in [6.45, 7) is 6.26. The zero-order valence-corrected chi connectivity index (χ0v) is 16.4. The molecule has 0 saturated carbocycles. The monoisotopic (exact) mass is 385 g/mol. The van der Waals surface area contributed by atoms with Crippen LogP contribution in [0, 0.1) is 6.92 Å².